The number of rotatable bonds is 4. The quantitative estimate of drug-likeness (QED) is 0.541. The van der Waals surface area contributed by atoms with Gasteiger partial charge in [0.05, 0.1) is 13.2 Å². The fourth-order valence-electron chi connectivity index (χ4n) is 4.16. The van der Waals surface area contributed by atoms with E-state index in [4.69, 9.17) is 16.3 Å². The number of carbonyl (C=O) groups excluding carboxylic acids is 2. The lowest BCUT2D eigenvalue weighted by Crippen LogP contribution is -2.52. The van der Waals surface area contributed by atoms with Crippen molar-refractivity contribution in [3.63, 3.8) is 0 Å². The van der Waals surface area contributed by atoms with Gasteiger partial charge in [0.2, 0.25) is 5.91 Å². The van der Waals surface area contributed by atoms with Gasteiger partial charge in [0.25, 0.3) is 0 Å². The smallest absolute Gasteiger partial charge is 0.328 e. The molecule has 5 nitrogen and oxygen atoms in total. The standard InChI is InChI=1S/C22H21ClN2O3/c1-28-22(27)19-12-16-15-9-5-6-10-17(15)24-21(16)18(25(19)20(26)13-23)11-14-7-3-2-4-8-14/h2-10,18-19,24H,11-13H2,1H3/t18-,19-/m1/s1. The zero-order chi connectivity index (χ0) is 19.7. The van der Waals surface area contributed by atoms with E-state index < -0.39 is 12.0 Å². The molecule has 1 aliphatic heterocycles. The summed E-state index contributed by atoms with van der Waals surface area (Å²) < 4.78 is 5.03. The summed E-state index contributed by atoms with van der Waals surface area (Å²) in [6.07, 6.45) is 0.983. The van der Waals surface area contributed by atoms with E-state index in [1.54, 1.807) is 4.90 Å². The molecule has 2 aromatic carbocycles. The van der Waals surface area contributed by atoms with Crippen LogP contribution in [0.3, 0.4) is 0 Å². The Kier molecular flexibility index (Phi) is 5.09. The maximum Gasteiger partial charge on any atom is 0.328 e. The number of para-hydroxylation sites is 1. The van der Waals surface area contributed by atoms with Crippen molar-refractivity contribution >= 4 is 34.4 Å². The van der Waals surface area contributed by atoms with Crippen LogP contribution in [0.1, 0.15) is 22.9 Å². The van der Waals surface area contributed by atoms with E-state index in [2.05, 4.69) is 4.98 Å². The molecule has 144 valence electrons. The Bertz CT molecular complexity index is 1020. The minimum absolute atomic E-state index is 0.186. The van der Waals surface area contributed by atoms with Crippen LogP contribution in [-0.2, 0) is 27.2 Å². The highest BCUT2D eigenvalue weighted by Gasteiger charge is 2.42. The molecular weight excluding hydrogens is 376 g/mol. The van der Waals surface area contributed by atoms with E-state index in [-0.39, 0.29) is 17.8 Å². The average Bonchev–Trinajstić information content (AvgIpc) is 3.12. The highest BCUT2D eigenvalue weighted by atomic mass is 35.5. The van der Waals surface area contributed by atoms with Crippen LogP contribution >= 0.6 is 11.6 Å². The van der Waals surface area contributed by atoms with Crippen LogP contribution in [0.5, 0.6) is 0 Å². The molecule has 0 spiro atoms. The summed E-state index contributed by atoms with van der Waals surface area (Å²) in [5, 5.41) is 1.07. The monoisotopic (exact) mass is 396 g/mol. The van der Waals surface area contributed by atoms with Gasteiger partial charge in [-0.2, -0.15) is 0 Å². The van der Waals surface area contributed by atoms with Gasteiger partial charge in [0.1, 0.15) is 11.9 Å². The molecule has 0 saturated carbocycles. The van der Waals surface area contributed by atoms with Gasteiger partial charge in [-0.1, -0.05) is 48.5 Å². The summed E-state index contributed by atoms with van der Waals surface area (Å²) in [5.74, 6) is -0.885. The van der Waals surface area contributed by atoms with E-state index >= 15 is 0 Å². The Hall–Kier alpha value is -2.79. The van der Waals surface area contributed by atoms with Crippen molar-refractivity contribution in [2.24, 2.45) is 0 Å². The number of methoxy groups -OCH3 is 1. The number of aromatic nitrogens is 1. The maximum absolute atomic E-state index is 12.8. The summed E-state index contributed by atoms with van der Waals surface area (Å²) >= 11 is 5.92. The zero-order valence-corrected chi connectivity index (χ0v) is 16.3. The van der Waals surface area contributed by atoms with Gasteiger partial charge in [-0.05, 0) is 23.6 Å². The first-order valence-electron chi connectivity index (χ1n) is 9.22. The van der Waals surface area contributed by atoms with Crippen LogP contribution in [-0.4, -0.2) is 40.8 Å². The molecule has 6 heteroatoms. The largest absolute Gasteiger partial charge is 0.467 e. The Morgan fingerprint density at radius 3 is 2.57 bits per heavy atom. The number of aromatic amines is 1. The molecule has 1 aromatic heterocycles. The molecule has 2 atom stereocenters. The molecule has 0 radical (unpaired) electrons. The number of nitrogens with one attached hydrogen (secondary N) is 1. The minimum atomic E-state index is -0.698. The van der Waals surface area contributed by atoms with Crippen LogP contribution in [0.25, 0.3) is 10.9 Å². The van der Waals surface area contributed by atoms with Crippen LogP contribution in [0.4, 0.5) is 0 Å². The molecule has 2 heterocycles. The van der Waals surface area contributed by atoms with Gasteiger partial charge in [-0.25, -0.2) is 4.79 Å². The van der Waals surface area contributed by atoms with Crippen molar-refractivity contribution in [2.45, 2.75) is 24.9 Å². The molecule has 0 unspecified atom stereocenters. The number of ether oxygens (including phenoxy) is 1. The normalized spacial score (nSPS) is 18.7. The summed E-state index contributed by atoms with van der Waals surface area (Å²) in [5.41, 5.74) is 4.10. The molecule has 4 rings (SSSR count). The van der Waals surface area contributed by atoms with Crippen molar-refractivity contribution in [3.05, 3.63) is 71.4 Å². The molecule has 1 aliphatic rings. The number of alkyl halides is 1. The first-order valence-corrected chi connectivity index (χ1v) is 9.75. The number of benzene rings is 2. The van der Waals surface area contributed by atoms with Crippen molar-refractivity contribution in [2.75, 3.05) is 13.0 Å². The summed E-state index contributed by atoms with van der Waals surface area (Å²) in [6, 6.07) is 16.9. The topological polar surface area (TPSA) is 62.4 Å². The number of nitrogens with zero attached hydrogens (tertiary/aromatic N) is 1. The van der Waals surface area contributed by atoms with E-state index in [1.165, 1.54) is 7.11 Å². The van der Waals surface area contributed by atoms with Crippen molar-refractivity contribution in [1.82, 2.24) is 9.88 Å². The lowest BCUT2D eigenvalue weighted by molar-refractivity contribution is -0.155. The highest BCUT2D eigenvalue weighted by Crippen LogP contribution is 2.39. The van der Waals surface area contributed by atoms with E-state index in [0.29, 0.717) is 12.8 Å². The fraction of sp³-hybridized carbons (Fsp3) is 0.273. The van der Waals surface area contributed by atoms with Crippen molar-refractivity contribution in [1.29, 1.82) is 0 Å². The molecule has 28 heavy (non-hydrogen) atoms. The maximum atomic E-state index is 12.8. The Balaban J connectivity index is 1.89. The first kappa shape index (κ1) is 18.6. The lowest BCUT2D eigenvalue weighted by atomic mass is 9.88. The fourth-order valence-corrected chi connectivity index (χ4v) is 4.30. The third-order valence-corrected chi connectivity index (χ3v) is 5.62. The van der Waals surface area contributed by atoms with Crippen LogP contribution in [0.2, 0.25) is 0 Å². The number of amides is 1. The molecule has 0 bridgehead atoms. The number of fused-ring (bicyclic) bond motifs is 3. The number of esters is 1. The van der Waals surface area contributed by atoms with Crippen LogP contribution in [0.15, 0.2) is 54.6 Å². The Morgan fingerprint density at radius 2 is 1.86 bits per heavy atom. The number of carbonyl (C=O) groups is 2. The predicted molar refractivity (Wildman–Crippen MR) is 108 cm³/mol. The van der Waals surface area contributed by atoms with Gasteiger partial charge < -0.3 is 14.6 Å². The minimum Gasteiger partial charge on any atom is -0.467 e. The Labute approximate surface area is 168 Å². The second-order valence-electron chi connectivity index (χ2n) is 6.95. The van der Waals surface area contributed by atoms with Gasteiger partial charge in [0.15, 0.2) is 0 Å². The number of hydrogen-bond acceptors (Lipinski definition) is 3. The second kappa shape index (κ2) is 7.68. The first-order chi connectivity index (χ1) is 13.6. The van der Waals surface area contributed by atoms with Gasteiger partial charge in [-0.3, -0.25) is 4.79 Å². The molecular formula is C22H21ClN2O3. The number of H-pyrrole nitrogens is 1. The third kappa shape index (κ3) is 3.16. The van der Waals surface area contributed by atoms with E-state index in [1.807, 2.05) is 54.6 Å². The van der Waals surface area contributed by atoms with Gasteiger partial charge >= 0.3 is 5.97 Å². The predicted octanol–water partition coefficient (Wildman–Crippen LogP) is 3.62. The van der Waals surface area contributed by atoms with Gasteiger partial charge in [-0.15, -0.1) is 11.6 Å². The lowest BCUT2D eigenvalue weighted by Gasteiger charge is -2.40. The van der Waals surface area contributed by atoms with E-state index in [9.17, 15) is 9.59 Å². The summed E-state index contributed by atoms with van der Waals surface area (Å²) in [4.78, 5) is 30.5. The van der Waals surface area contributed by atoms with Gasteiger partial charge in [0, 0.05) is 23.0 Å². The molecule has 1 amide bonds. The Morgan fingerprint density at radius 1 is 1.14 bits per heavy atom. The highest BCUT2D eigenvalue weighted by molar-refractivity contribution is 6.27. The van der Waals surface area contributed by atoms with Crippen molar-refractivity contribution < 1.29 is 14.3 Å². The average molecular weight is 397 g/mol. The molecule has 3 aromatic rings. The van der Waals surface area contributed by atoms with Crippen LogP contribution in [0, 0.1) is 0 Å². The van der Waals surface area contributed by atoms with E-state index in [0.717, 1.165) is 27.7 Å². The molecule has 0 aliphatic carbocycles. The molecule has 0 saturated heterocycles. The van der Waals surface area contributed by atoms with Crippen molar-refractivity contribution in [3.8, 4) is 0 Å². The number of halogens is 1. The molecule has 0 fully saturated rings. The zero-order valence-electron chi connectivity index (χ0n) is 15.5. The summed E-state index contributed by atoms with van der Waals surface area (Å²) in [7, 11) is 1.35. The SMILES string of the molecule is COC(=O)[C@H]1Cc2c([nH]c3ccccc23)[C@@H](Cc2ccccc2)N1C(=O)CCl. The third-order valence-electron chi connectivity index (χ3n) is 5.40. The number of hydrogen-bond donors (Lipinski definition) is 1. The summed E-state index contributed by atoms with van der Waals surface area (Å²) in [6.45, 7) is 0. The molecule has 1 N–H and O–H groups in total. The van der Waals surface area contributed by atoms with Crippen LogP contribution < -0.4 is 0 Å². The second-order valence-corrected chi connectivity index (χ2v) is 7.21.